The summed E-state index contributed by atoms with van der Waals surface area (Å²) in [5.74, 6) is -1.25. The second kappa shape index (κ2) is 4.94. The van der Waals surface area contributed by atoms with Crippen LogP contribution in [0, 0.1) is 5.82 Å². The van der Waals surface area contributed by atoms with Gasteiger partial charge in [-0.15, -0.1) is 11.3 Å². The Morgan fingerprint density at radius 2 is 1.94 bits per heavy atom. The molecule has 6 heteroatoms. The molecule has 0 saturated heterocycles. The van der Waals surface area contributed by atoms with E-state index in [9.17, 15) is 9.18 Å². The highest BCUT2D eigenvalue weighted by atomic mass is 35.5. The number of carbonyl (C=O) groups is 1. The van der Waals surface area contributed by atoms with Crippen LogP contribution in [0.4, 0.5) is 4.39 Å². The Morgan fingerprint density at radius 1 is 1.24 bits per heavy atom. The number of carbonyl (C=O) groups excluding carboxylic acids is 1. The first-order valence-corrected chi connectivity index (χ1v) is 6.39. The van der Waals surface area contributed by atoms with Gasteiger partial charge in [0.25, 0.3) is 0 Å². The number of benzene rings is 1. The molecular formula is C11H4Cl3FOS. The Balaban J connectivity index is 2.55. The molecule has 17 heavy (non-hydrogen) atoms. The van der Waals surface area contributed by atoms with Crippen molar-refractivity contribution in [2.24, 2.45) is 0 Å². The molecule has 2 rings (SSSR count). The second-order valence-electron chi connectivity index (χ2n) is 3.16. The summed E-state index contributed by atoms with van der Waals surface area (Å²) in [5, 5.41) is 0.0494. The lowest BCUT2D eigenvalue weighted by Gasteiger charge is -2.03. The fraction of sp³-hybridized carbons (Fsp3) is 0. The van der Waals surface area contributed by atoms with Crippen LogP contribution in [0.25, 0.3) is 0 Å². The number of hydrogen-bond donors (Lipinski definition) is 0. The van der Waals surface area contributed by atoms with Gasteiger partial charge in [0.15, 0.2) is 5.78 Å². The predicted octanol–water partition coefficient (Wildman–Crippen LogP) is 5.08. The molecule has 1 aromatic carbocycles. The average Bonchev–Trinajstić information content (AvgIpc) is 2.57. The fourth-order valence-electron chi connectivity index (χ4n) is 1.34. The number of thiophene rings is 1. The first-order valence-electron chi connectivity index (χ1n) is 4.44. The van der Waals surface area contributed by atoms with Crippen LogP contribution < -0.4 is 0 Å². The molecule has 1 nitrogen and oxygen atoms in total. The highest BCUT2D eigenvalue weighted by molar-refractivity contribution is 7.20. The number of halogens is 4. The lowest BCUT2D eigenvalue weighted by Crippen LogP contribution is -2.04. The van der Waals surface area contributed by atoms with Crippen molar-refractivity contribution in [1.82, 2.24) is 0 Å². The molecule has 88 valence electrons. The summed E-state index contributed by atoms with van der Waals surface area (Å²) < 4.78 is 14.1. The van der Waals surface area contributed by atoms with Crippen LogP contribution in [0.15, 0.2) is 24.3 Å². The summed E-state index contributed by atoms with van der Waals surface area (Å²) in [6.07, 6.45) is 0. The second-order valence-corrected chi connectivity index (χ2v) is 5.86. The zero-order valence-corrected chi connectivity index (χ0v) is 11.2. The third-order valence-electron chi connectivity index (χ3n) is 2.09. The van der Waals surface area contributed by atoms with Gasteiger partial charge < -0.3 is 0 Å². The van der Waals surface area contributed by atoms with Crippen molar-refractivity contribution in [3.8, 4) is 0 Å². The number of hydrogen-bond acceptors (Lipinski definition) is 2. The molecule has 0 aliphatic heterocycles. The van der Waals surface area contributed by atoms with Crippen molar-refractivity contribution in [3.63, 3.8) is 0 Å². The van der Waals surface area contributed by atoms with Gasteiger partial charge in [0.1, 0.15) is 10.2 Å². The Morgan fingerprint density at radius 3 is 2.47 bits per heavy atom. The lowest BCUT2D eigenvalue weighted by atomic mass is 10.1. The van der Waals surface area contributed by atoms with Gasteiger partial charge in [0.05, 0.1) is 20.5 Å². The maximum Gasteiger partial charge on any atom is 0.199 e. The fourth-order valence-corrected chi connectivity index (χ4v) is 3.05. The van der Waals surface area contributed by atoms with Crippen molar-refractivity contribution in [2.45, 2.75) is 0 Å². The Kier molecular flexibility index (Phi) is 3.73. The lowest BCUT2D eigenvalue weighted by molar-refractivity contribution is 0.103. The summed E-state index contributed by atoms with van der Waals surface area (Å²) in [7, 11) is 0. The van der Waals surface area contributed by atoms with Crippen LogP contribution in [-0.4, -0.2) is 5.78 Å². The monoisotopic (exact) mass is 308 g/mol. The van der Waals surface area contributed by atoms with E-state index in [1.807, 2.05) is 0 Å². The van der Waals surface area contributed by atoms with Gasteiger partial charge in [-0.25, -0.2) is 4.39 Å². The summed E-state index contributed by atoms with van der Waals surface area (Å²) in [6, 6.07) is 5.44. The van der Waals surface area contributed by atoms with Gasteiger partial charge in [-0.1, -0.05) is 40.9 Å². The van der Waals surface area contributed by atoms with Crippen molar-refractivity contribution in [3.05, 3.63) is 54.9 Å². The molecule has 0 bridgehead atoms. The molecule has 0 N–H and O–H groups in total. The summed E-state index contributed by atoms with van der Waals surface area (Å²) in [5.41, 5.74) is -0.0285. The van der Waals surface area contributed by atoms with Gasteiger partial charge >= 0.3 is 0 Å². The molecule has 2 aromatic rings. The molecular weight excluding hydrogens is 306 g/mol. The first-order chi connectivity index (χ1) is 8.00. The molecule has 0 aliphatic rings. The zero-order valence-electron chi connectivity index (χ0n) is 8.14. The minimum absolute atomic E-state index is 0.0494. The molecule has 1 heterocycles. The number of ketones is 1. The summed E-state index contributed by atoms with van der Waals surface area (Å²) >= 11 is 18.4. The van der Waals surface area contributed by atoms with Crippen molar-refractivity contribution >= 4 is 51.9 Å². The van der Waals surface area contributed by atoms with Crippen molar-refractivity contribution in [2.75, 3.05) is 0 Å². The van der Waals surface area contributed by atoms with E-state index in [1.165, 1.54) is 24.3 Å². The van der Waals surface area contributed by atoms with Crippen LogP contribution in [0.1, 0.15) is 15.9 Å². The normalized spacial score (nSPS) is 10.6. The maximum atomic E-state index is 13.5. The molecule has 0 radical (unpaired) electrons. The van der Waals surface area contributed by atoms with Crippen LogP contribution in [0.5, 0.6) is 0 Å². The highest BCUT2D eigenvalue weighted by Crippen LogP contribution is 2.34. The summed E-state index contributed by atoms with van der Waals surface area (Å²) in [4.78, 5) is 12.1. The van der Waals surface area contributed by atoms with E-state index in [0.29, 0.717) is 4.34 Å². The van der Waals surface area contributed by atoms with Crippen LogP contribution in [0.2, 0.25) is 13.7 Å². The minimum atomic E-state index is -0.680. The van der Waals surface area contributed by atoms with Gasteiger partial charge in [-0.05, 0) is 18.2 Å². The minimum Gasteiger partial charge on any atom is -0.288 e. The quantitative estimate of drug-likeness (QED) is 0.707. The molecule has 1 aromatic heterocycles. The third kappa shape index (κ3) is 2.47. The third-order valence-corrected chi connectivity index (χ3v) is 3.89. The Bertz CT molecular complexity index is 574. The smallest absolute Gasteiger partial charge is 0.199 e. The van der Waals surface area contributed by atoms with E-state index < -0.39 is 11.6 Å². The zero-order chi connectivity index (χ0) is 12.6. The van der Waals surface area contributed by atoms with E-state index in [2.05, 4.69) is 0 Å². The largest absolute Gasteiger partial charge is 0.288 e. The van der Waals surface area contributed by atoms with Crippen LogP contribution in [0.3, 0.4) is 0 Å². The molecule has 0 atom stereocenters. The topological polar surface area (TPSA) is 17.1 Å². The summed E-state index contributed by atoms with van der Waals surface area (Å²) in [6.45, 7) is 0. The Hall–Kier alpha value is -0.610. The first kappa shape index (κ1) is 12.8. The predicted molar refractivity (Wildman–Crippen MR) is 69.2 cm³/mol. The molecule has 0 fully saturated rings. The molecule has 0 saturated carbocycles. The Labute approximate surface area is 116 Å². The van der Waals surface area contributed by atoms with E-state index in [-0.39, 0.29) is 20.5 Å². The van der Waals surface area contributed by atoms with Gasteiger partial charge in [-0.3, -0.25) is 4.79 Å². The van der Waals surface area contributed by atoms with Gasteiger partial charge in [-0.2, -0.15) is 0 Å². The van der Waals surface area contributed by atoms with E-state index >= 15 is 0 Å². The van der Waals surface area contributed by atoms with E-state index in [1.54, 1.807) is 0 Å². The molecule has 0 amide bonds. The molecule has 0 spiro atoms. The highest BCUT2D eigenvalue weighted by Gasteiger charge is 2.21. The van der Waals surface area contributed by atoms with Crippen LogP contribution >= 0.6 is 46.1 Å². The number of rotatable bonds is 2. The van der Waals surface area contributed by atoms with Gasteiger partial charge in [0.2, 0.25) is 0 Å². The molecule has 0 aliphatic carbocycles. The SMILES string of the molecule is O=C(c1cc(Cl)sc1Cl)c1c(F)cccc1Cl. The standard InChI is InChI=1S/C11H4Cl3FOS/c12-6-2-1-3-7(15)9(6)10(16)5-4-8(13)17-11(5)14/h1-4H. The van der Waals surface area contributed by atoms with Crippen LogP contribution in [-0.2, 0) is 0 Å². The van der Waals surface area contributed by atoms with Crippen molar-refractivity contribution < 1.29 is 9.18 Å². The van der Waals surface area contributed by atoms with Crippen molar-refractivity contribution in [1.29, 1.82) is 0 Å². The average molecular weight is 310 g/mol. The van der Waals surface area contributed by atoms with E-state index in [0.717, 1.165) is 11.3 Å². The van der Waals surface area contributed by atoms with E-state index in [4.69, 9.17) is 34.8 Å². The van der Waals surface area contributed by atoms with Gasteiger partial charge in [0, 0.05) is 0 Å². The maximum absolute atomic E-state index is 13.5. The molecule has 0 unspecified atom stereocenters.